The lowest BCUT2D eigenvalue weighted by molar-refractivity contribution is -0.402. The van der Waals surface area contributed by atoms with E-state index in [4.69, 9.17) is 11.6 Å². The van der Waals surface area contributed by atoms with Gasteiger partial charge in [-0.1, -0.05) is 29.8 Å². The summed E-state index contributed by atoms with van der Waals surface area (Å²) in [5.74, 6) is 0.487. The Labute approximate surface area is 126 Å². The second-order valence-corrected chi connectivity index (χ2v) is 7.17. The molecule has 1 aromatic carbocycles. The third-order valence-electron chi connectivity index (χ3n) is 2.11. The monoisotopic (exact) mass is 336 g/mol. The lowest BCUT2D eigenvalue weighted by Crippen LogP contribution is -2.25. The Kier molecular flexibility index (Phi) is 7.00. The zero-order valence-electron chi connectivity index (χ0n) is 10.4. The minimum absolute atomic E-state index is 0.0703. The Morgan fingerprint density at radius 3 is 2.65 bits per heavy atom. The molecule has 0 saturated carbocycles. The van der Waals surface area contributed by atoms with Gasteiger partial charge in [-0.15, -0.1) is 11.8 Å². The number of hydrogen-bond donors (Lipinski definition) is 1. The first kappa shape index (κ1) is 17.0. The summed E-state index contributed by atoms with van der Waals surface area (Å²) >= 11 is 6.69. The van der Waals surface area contributed by atoms with Gasteiger partial charge in [0.05, 0.1) is 9.82 Å². The molecule has 1 N–H and O–H groups in total. The average Bonchev–Trinajstić information content (AvgIpc) is 2.38. The molecule has 0 heterocycles. The zero-order chi connectivity index (χ0) is 15.0. The van der Waals surface area contributed by atoms with E-state index in [0.717, 1.165) is 11.8 Å². The van der Waals surface area contributed by atoms with Crippen molar-refractivity contribution in [2.24, 2.45) is 0 Å². The van der Waals surface area contributed by atoms with E-state index in [1.807, 2.05) is 0 Å². The van der Waals surface area contributed by atoms with Crippen LogP contribution in [0.2, 0.25) is 0 Å². The van der Waals surface area contributed by atoms with Gasteiger partial charge in [0, 0.05) is 12.3 Å². The number of halogens is 1. The van der Waals surface area contributed by atoms with E-state index in [-0.39, 0.29) is 15.8 Å². The SMILES string of the molecule is O=[N+]([O-])C=C(Cl)SCCCNS(=O)(=O)c1ccccc1. The van der Waals surface area contributed by atoms with Crippen molar-refractivity contribution in [1.29, 1.82) is 0 Å². The lowest BCUT2D eigenvalue weighted by Gasteiger charge is -2.05. The molecule has 0 aliphatic rings. The highest BCUT2D eigenvalue weighted by Gasteiger charge is 2.11. The van der Waals surface area contributed by atoms with Crippen molar-refractivity contribution in [2.45, 2.75) is 11.3 Å². The van der Waals surface area contributed by atoms with Crippen molar-refractivity contribution < 1.29 is 13.3 Å². The van der Waals surface area contributed by atoms with Crippen LogP contribution in [-0.2, 0) is 10.0 Å². The Balaban J connectivity index is 2.33. The molecular weight excluding hydrogens is 324 g/mol. The number of nitro groups is 1. The van der Waals surface area contributed by atoms with E-state index < -0.39 is 14.9 Å². The fraction of sp³-hybridized carbons (Fsp3) is 0.273. The van der Waals surface area contributed by atoms with Crippen LogP contribution in [0.15, 0.2) is 45.8 Å². The van der Waals surface area contributed by atoms with Crippen molar-refractivity contribution in [2.75, 3.05) is 12.3 Å². The van der Waals surface area contributed by atoms with Crippen LogP contribution in [0.4, 0.5) is 0 Å². The Morgan fingerprint density at radius 1 is 1.40 bits per heavy atom. The first-order valence-corrected chi connectivity index (χ1v) is 8.45. The predicted molar refractivity (Wildman–Crippen MR) is 79.6 cm³/mol. The van der Waals surface area contributed by atoms with Crippen LogP contribution in [0.3, 0.4) is 0 Å². The average molecular weight is 337 g/mol. The molecule has 0 bridgehead atoms. The lowest BCUT2D eigenvalue weighted by atomic mass is 10.4. The maximum Gasteiger partial charge on any atom is 0.259 e. The van der Waals surface area contributed by atoms with Gasteiger partial charge in [-0.05, 0) is 18.6 Å². The van der Waals surface area contributed by atoms with E-state index in [0.29, 0.717) is 18.4 Å². The van der Waals surface area contributed by atoms with E-state index in [2.05, 4.69) is 4.72 Å². The predicted octanol–water partition coefficient (Wildman–Crippen LogP) is 2.40. The van der Waals surface area contributed by atoms with Gasteiger partial charge in [0.15, 0.2) is 0 Å². The molecule has 1 aromatic rings. The number of hydrogen-bond acceptors (Lipinski definition) is 5. The van der Waals surface area contributed by atoms with Gasteiger partial charge in [-0.3, -0.25) is 10.1 Å². The fourth-order valence-corrected chi connectivity index (χ4v) is 3.30. The molecule has 0 aliphatic carbocycles. The van der Waals surface area contributed by atoms with Crippen LogP contribution in [0, 0.1) is 10.1 Å². The van der Waals surface area contributed by atoms with Gasteiger partial charge in [-0.2, -0.15) is 0 Å². The van der Waals surface area contributed by atoms with Crippen LogP contribution < -0.4 is 4.72 Å². The molecule has 0 radical (unpaired) electrons. The summed E-state index contributed by atoms with van der Waals surface area (Å²) in [5, 5.41) is 10.1. The number of nitrogens with one attached hydrogen (secondary N) is 1. The fourth-order valence-electron chi connectivity index (χ4n) is 1.25. The number of rotatable bonds is 8. The maximum atomic E-state index is 11.8. The quantitative estimate of drug-likeness (QED) is 0.447. The molecule has 0 spiro atoms. The molecule has 9 heteroatoms. The molecule has 1 rings (SSSR count). The zero-order valence-corrected chi connectivity index (χ0v) is 12.7. The molecule has 110 valence electrons. The molecule has 0 atom stereocenters. The van der Waals surface area contributed by atoms with Gasteiger partial charge in [0.1, 0.15) is 4.36 Å². The molecule has 0 aromatic heterocycles. The highest BCUT2D eigenvalue weighted by atomic mass is 35.5. The number of sulfonamides is 1. The van der Waals surface area contributed by atoms with Crippen LogP contribution in [0.5, 0.6) is 0 Å². The van der Waals surface area contributed by atoms with E-state index in [1.54, 1.807) is 18.2 Å². The summed E-state index contributed by atoms with van der Waals surface area (Å²) in [4.78, 5) is 9.70. The molecule has 0 aliphatic heterocycles. The van der Waals surface area contributed by atoms with Crippen LogP contribution in [0.1, 0.15) is 6.42 Å². The first-order chi connectivity index (χ1) is 9.42. The van der Waals surface area contributed by atoms with E-state index in [1.165, 1.54) is 12.1 Å². The summed E-state index contributed by atoms with van der Waals surface area (Å²) in [6.07, 6.45) is 1.22. The highest BCUT2D eigenvalue weighted by molar-refractivity contribution is 8.04. The molecule has 0 saturated heterocycles. The normalized spacial score (nSPS) is 12.3. The van der Waals surface area contributed by atoms with Crippen LogP contribution >= 0.6 is 23.4 Å². The second-order valence-electron chi connectivity index (χ2n) is 3.63. The van der Waals surface area contributed by atoms with Crippen molar-refractivity contribution in [3.05, 3.63) is 51.0 Å². The second kappa shape index (κ2) is 8.25. The van der Waals surface area contributed by atoms with E-state index >= 15 is 0 Å². The molecule has 20 heavy (non-hydrogen) atoms. The Hall–Kier alpha value is -1.09. The first-order valence-electron chi connectivity index (χ1n) is 5.60. The Morgan fingerprint density at radius 2 is 2.05 bits per heavy atom. The Bertz CT molecular complexity index is 575. The van der Waals surface area contributed by atoms with Crippen molar-refractivity contribution in [3.63, 3.8) is 0 Å². The molecule has 0 unspecified atom stereocenters. The minimum atomic E-state index is -3.50. The van der Waals surface area contributed by atoms with Crippen LogP contribution in [0.25, 0.3) is 0 Å². The third kappa shape index (κ3) is 6.38. The standard InChI is InChI=1S/C11H13ClN2O4S2/c12-11(9-14(15)16)19-8-4-7-13-20(17,18)10-5-2-1-3-6-10/h1-3,5-6,9,13H,4,7-8H2. The molecule has 0 fully saturated rings. The van der Waals surface area contributed by atoms with Crippen LogP contribution in [-0.4, -0.2) is 25.6 Å². The van der Waals surface area contributed by atoms with Gasteiger partial charge < -0.3 is 0 Å². The maximum absolute atomic E-state index is 11.8. The number of nitrogens with zero attached hydrogens (tertiary/aromatic N) is 1. The number of benzene rings is 1. The summed E-state index contributed by atoms with van der Waals surface area (Å²) in [5.41, 5.74) is 0. The summed E-state index contributed by atoms with van der Waals surface area (Å²) in [6, 6.07) is 8.04. The molecular formula is C11H13ClN2O4S2. The van der Waals surface area contributed by atoms with Gasteiger partial charge in [-0.25, -0.2) is 13.1 Å². The van der Waals surface area contributed by atoms with Crippen molar-refractivity contribution >= 4 is 33.4 Å². The largest absolute Gasteiger partial charge is 0.259 e. The summed E-state index contributed by atoms with van der Waals surface area (Å²) in [6.45, 7) is 0.243. The summed E-state index contributed by atoms with van der Waals surface area (Å²) in [7, 11) is -3.50. The highest BCUT2D eigenvalue weighted by Crippen LogP contribution is 2.20. The van der Waals surface area contributed by atoms with Gasteiger partial charge in [0.25, 0.3) is 6.20 Å². The molecule has 6 nitrogen and oxygen atoms in total. The van der Waals surface area contributed by atoms with Gasteiger partial charge >= 0.3 is 0 Å². The van der Waals surface area contributed by atoms with Gasteiger partial charge in [0.2, 0.25) is 10.0 Å². The van der Waals surface area contributed by atoms with Crippen molar-refractivity contribution in [1.82, 2.24) is 4.72 Å². The number of thioether (sulfide) groups is 1. The van der Waals surface area contributed by atoms with E-state index in [9.17, 15) is 18.5 Å². The smallest absolute Gasteiger partial charge is 0.259 e. The minimum Gasteiger partial charge on any atom is -0.259 e. The summed E-state index contributed by atoms with van der Waals surface area (Å²) < 4.78 is 26.2. The topological polar surface area (TPSA) is 89.3 Å². The molecule has 0 amide bonds. The van der Waals surface area contributed by atoms with Crippen molar-refractivity contribution in [3.8, 4) is 0 Å². The third-order valence-corrected chi connectivity index (χ3v) is 4.89.